The lowest BCUT2D eigenvalue weighted by atomic mass is 10.2. The molecule has 4 heteroatoms. The minimum atomic E-state index is -0.262. The molecular weight excluding hydrogens is 224 g/mol. The first-order chi connectivity index (χ1) is 7.67. The smallest absolute Gasteiger partial charge is 0.319 e. The Balaban J connectivity index is 2.65. The Kier molecular flexibility index (Phi) is 5.05. The highest BCUT2D eigenvalue weighted by Crippen LogP contribution is 2.24. The van der Waals surface area contributed by atoms with Gasteiger partial charge in [-0.15, -0.1) is 11.8 Å². The zero-order chi connectivity index (χ0) is 12.0. The summed E-state index contributed by atoms with van der Waals surface area (Å²) >= 11 is 1.39. The highest BCUT2D eigenvalue weighted by molar-refractivity contribution is 8.00. The molecule has 0 fully saturated rings. The number of carbonyl (C=O) groups excluding carboxylic acids is 2. The number of hydrogen-bond acceptors (Lipinski definition) is 4. The number of thioether (sulfide) groups is 1. The monoisotopic (exact) mass is 238 g/mol. The Bertz CT molecular complexity index is 376. The molecule has 0 spiro atoms. The third kappa shape index (κ3) is 3.70. The molecule has 0 saturated heterocycles. The van der Waals surface area contributed by atoms with Crippen LogP contribution in [0.3, 0.4) is 0 Å². The normalized spacial score (nSPS) is 11.9. The first-order valence-electron chi connectivity index (χ1n) is 5.06. The topological polar surface area (TPSA) is 43.4 Å². The van der Waals surface area contributed by atoms with Gasteiger partial charge >= 0.3 is 5.97 Å². The van der Waals surface area contributed by atoms with Crippen molar-refractivity contribution in [2.45, 2.75) is 24.0 Å². The lowest BCUT2D eigenvalue weighted by Gasteiger charge is -2.10. The largest absolute Gasteiger partial charge is 0.465 e. The van der Waals surface area contributed by atoms with Crippen LogP contribution in [0.5, 0.6) is 0 Å². The number of rotatable bonds is 5. The van der Waals surface area contributed by atoms with Gasteiger partial charge in [-0.25, -0.2) is 0 Å². The molecule has 16 heavy (non-hydrogen) atoms. The molecule has 1 atom stereocenters. The van der Waals surface area contributed by atoms with Crippen LogP contribution >= 0.6 is 11.8 Å². The van der Waals surface area contributed by atoms with E-state index in [1.807, 2.05) is 6.07 Å². The fourth-order valence-corrected chi connectivity index (χ4v) is 2.11. The number of carbonyl (C=O) groups is 2. The second-order valence-electron chi connectivity index (χ2n) is 3.20. The summed E-state index contributed by atoms with van der Waals surface area (Å²) in [4.78, 5) is 22.9. The van der Waals surface area contributed by atoms with Gasteiger partial charge in [-0.05, 0) is 26.0 Å². The molecule has 0 saturated carbocycles. The fourth-order valence-electron chi connectivity index (χ4n) is 1.17. The molecule has 0 radical (unpaired) electrons. The number of aldehydes is 1. The molecular formula is C12H14O3S. The maximum absolute atomic E-state index is 11.4. The van der Waals surface area contributed by atoms with Crippen LogP contribution in [0.1, 0.15) is 24.2 Å². The van der Waals surface area contributed by atoms with E-state index in [2.05, 4.69) is 0 Å². The quantitative estimate of drug-likeness (QED) is 0.449. The van der Waals surface area contributed by atoms with Crippen LogP contribution in [-0.2, 0) is 9.53 Å². The van der Waals surface area contributed by atoms with E-state index < -0.39 is 0 Å². The predicted molar refractivity (Wildman–Crippen MR) is 63.8 cm³/mol. The van der Waals surface area contributed by atoms with E-state index in [0.29, 0.717) is 12.2 Å². The summed E-state index contributed by atoms with van der Waals surface area (Å²) in [6.07, 6.45) is 0.791. The van der Waals surface area contributed by atoms with Crippen molar-refractivity contribution in [3.05, 3.63) is 29.8 Å². The Morgan fingerprint density at radius 2 is 2.31 bits per heavy atom. The van der Waals surface area contributed by atoms with Crippen LogP contribution in [0, 0.1) is 0 Å². The summed E-state index contributed by atoms with van der Waals surface area (Å²) in [7, 11) is 0. The van der Waals surface area contributed by atoms with E-state index >= 15 is 0 Å². The molecule has 1 rings (SSSR count). The second-order valence-corrected chi connectivity index (χ2v) is 4.62. The SMILES string of the molecule is CCOC(=O)C(C)Sc1cccc(C=O)c1. The predicted octanol–water partition coefficient (Wildman–Crippen LogP) is 2.54. The standard InChI is InChI=1S/C12H14O3S/c1-3-15-12(14)9(2)16-11-6-4-5-10(7-11)8-13/h4-9H,3H2,1-2H3. The summed E-state index contributed by atoms with van der Waals surface area (Å²) in [5.74, 6) is -0.232. The number of esters is 1. The zero-order valence-corrected chi connectivity index (χ0v) is 10.1. The van der Waals surface area contributed by atoms with Crippen LogP contribution < -0.4 is 0 Å². The average molecular weight is 238 g/mol. The molecule has 0 aliphatic carbocycles. The first kappa shape index (κ1) is 12.8. The molecule has 1 aromatic rings. The highest BCUT2D eigenvalue weighted by Gasteiger charge is 2.15. The summed E-state index contributed by atoms with van der Waals surface area (Å²) < 4.78 is 4.90. The Labute approximate surface area is 99.2 Å². The molecule has 0 aromatic heterocycles. The van der Waals surface area contributed by atoms with Crippen molar-refractivity contribution in [2.75, 3.05) is 6.61 Å². The molecule has 86 valence electrons. The Morgan fingerprint density at radius 3 is 2.94 bits per heavy atom. The third-order valence-corrected chi connectivity index (χ3v) is 3.00. The van der Waals surface area contributed by atoms with Gasteiger partial charge in [0.1, 0.15) is 11.5 Å². The van der Waals surface area contributed by atoms with E-state index in [-0.39, 0.29) is 11.2 Å². The molecule has 0 amide bonds. The molecule has 0 aliphatic rings. The van der Waals surface area contributed by atoms with Gasteiger partial charge in [0.15, 0.2) is 0 Å². The fraction of sp³-hybridized carbons (Fsp3) is 0.333. The maximum Gasteiger partial charge on any atom is 0.319 e. The van der Waals surface area contributed by atoms with Crippen LogP contribution in [-0.4, -0.2) is 24.1 Å². The zero-order valence-electron chi connectivity index (χ0n) is 9.30. The van der Waals surface area contributed by atoms with Crippen molar-refractivity contribution in [1.82, 2.24) is 0 Å². The Morgan fingerprint density at radius 1 is 1.56 bits per heavy atom. The molecule has 0 heterocycles. The van der Waals surface area contributed by atoms with Gasteiger partial charge in [-0.1, -0.05) is 12.1 Å². The number of hydrogen-bond donors (Lipinski definition) is 0. The number of benzene rings is 1. The van der Waals surface area contributed by atoms with Crippen LogP contribution in [0.2, 0.25) is 0 Å². The van der Waals surface area contributed by atoms with E-state index in [9.17, 15) is 9.59 Å². The van der Waals surface area contributed by atoms with Gasteiger partial charge in [-0.3, -0.25) is 9.59 Å². The molecule has 1 unspecified atom stereocenters. The van der Waals surface area contributed by atoms with Crippen LogP contribution in [0.25, 0.3) is 0 Å². The van der Waals surface area contributed by atoms with Gasteiger partial charge in [0.25, 0.3) is 0 Å². The van der Waals surface area contributed by atoms with Crippen molar-refractivity contribution in [2.24, 2.45) is 0 Å². The van der Waals surface area contributed by atoms with Crippen molar-refractivity contribution < 1.29 is 14.3 Å². The minimum Gasteiger partial charge on any atom is -0.465 e. The van der Waals surface area contributed by atoms with Gasteiger partial charge in [0, 0.05) is 10.5 Å². The molecule has 3 nitrogen and oxygen atoms in total. The summed E-state index contributed by atoms with van der Waals surface area (Å²) in [6, 6.07) is 7.15. The third-order valence-electron chi connectivity index (χ3n) is 1.93. The van der Waals surface area contributed by atoms with E-state index in [1.165, 1.54) is 11.8 Å². The van der Waals surface area contributed by atoms with Crippen LogP contribution in [0.15, 0.2) is 29.2 Å². The van der Waals surface area contributed by atoms with Crippen molar-refractivity contribution in [3.63, 3.8) is 0 Å². The van der Waals surface area contributed by atoms with Crippen molar-refractivity contribution in [1.29, 1.82) is 0 Å². The molecule has 0 bridgehead atoms. The minimum absolute atomic E-state index is 0.232. The van der Waals surface area contributed by atoms with Crippen molar-refractivity contribution in [3.8, 4) is 0 Å². The Hall–Kier alpha value is -1.29. The summed E-state index contributed by atoms with van der Waals surface area (Å²) in [5, 5.41) is -0.262. The lowest BCUT2D eigenvalue weighted by Crippen LogP contribution is -2.16. The lowest BCUT2D eigenvalue weighted by molar-refractivity contribution is -0.142. The summed E-state index contributed by atoms with van der Waals surface area (Å²) in [6.45, 7) is 3.96. The average Bonchev–Trinajstić information content (AvgIpc) is 2.29. The van der Waals surface area contributed by atoms with Gasteiger partial charge in [0.2, 0.25) is 0 Å². The van der Waals surface area contributed by atoms with Crippen LogP contribution in [0.4, 0.5) is 0 Å². The molecule has 0 N–H and O–H groups in total. The maximum atomic E-state index is 11.4. The van der Waals surface area contributed by atoms with E-state index in [0.717, 1.165) is 11.2 Å². The molecule has 0 aliphatic heterocycles. The van der Waals surface area contributed by atoms with E-state index in [1.54, 1.807) is 32.0 Å². The highest BCUT2D eigenvalue weighted by atomic mass is 32.2. The van der Waals surface area contributed by atoms with Gasteiger partial charge < -0.3 is 4.74 Å². The van der Waals surface area contributed by atoms with E-state index in [4.69, 9.17) is 4.74 Å². The van der Waals surface area contributed by atoms with Gasteiger partial charge in [-0.2, -0.15) is 0 Å². The summed E-state index contributed by atoms with van der Waals surface area (Å²) in [5.41, 5.74) is 0.612. The number of ether oxygens (including phenoxy) is 1. The second kappa shape index (κ2) is 6.33. The van der Waals surface area contributed by atoms with Gasteiger partial charge in [0.05, 0.1) is 6.61 Å². The first-order valence-corrected chi connectivity index (χ1v) is 5.94. The molecule has 1 aromatic carbocycles. The van der Waals surface area contributed by atoms with Crippen molar-refractivity contribution >= 4 is 24.0 Å².